The van der Waals surface area contributed by atoms with Crippen molar-refractivity contribution in [1.82, 2.24) is 19.1 Å². The zero-order valence-electron chi connectivity index (χ0n) is 19.7. The summed E-state index contributed by atoms with van der Waals surface area (Å²) >= 11 is 0. The summed E-state index contributed by atoms with van der Waals surface area (Å²) in [6.45, 7) is 0.544. The Balaban J connectivity index is 1.54. The molecule has 0 spiro atoms. The number of benzene rings is 2. The van der Waals surface area contributed by atoms with E-state index in [1.807, 2.05) is 41.0 Å². The van der Waals surface area contributed by atoms with Gasteiger partial charge < -0.3 is 11.1 Å². The zero-order valence-corrected chi connectivity index (χ0v) is 19.7. The predicted molar refractivity (Wildman–Crippen MR) is 136 cm³/mol. The highest BCUT2D eigenvalue weighted by Gasteiger charge is 2.25. The molecule has 34 heavy (non-hydrogen) atoms. The predicted octanol–water partition coefficient (Wildman–Crippen LogP) is 3.65. The molecule has 2 aromatic carbocycles. The van der Waals surface area contributed by atoms with Crippen molar-refractivity contribution in [2.75, 3.05) is 5.32 Å². The van der Waals surface area contributed by atoms with Gasteiger partial charge in [-0.1, -0.05) is 73.5 Å². The Kier molecular flexibility index (Phi) is 6.45. The van der Waals surface area contributed by atoms with E-state index in [2.05, 4.69) is 29.6 Å². The molecule has 5 rings (SSSR count). The van der Waals surface area contributed by atoms with Crippen LogP contribution < -0.4 is 16.6 Å². The lowest BCUT2D eigenvalue weighted by molar-refractivity contribution is 0.401. The number of aryl methyl sites for hydroxylation is 2. The zero-order chi connectivity index (χ0) is 23.5. The van der Waals surface area contributed by atoms with Gasteiger partial charge in [0.25, 0.3) is 5.56 Å². The molecule has 176 valence electrons. The quantitative estimate of drug-likeness (QED) is 0.443. The number of imidazole rings is 1. The van der Waals surface area contributed by atoms with Crippen molar-refractivity contribution in [2.45, 2.75) is 57.2 Å². The molecule has 0 aliphatic heterocycles. The van der Waals surface area contributed by atoms with Gasteiger partial charge in [0.1, 0.15) is 5.82 Å². The van der Waals surface area contributed by atoms with E-state index in [4.69, 9.17) is 15.7 Å². The van der Waals surface area contributed by atoms with E-state index < -0.39 is 0 Å². The lowest BCUT2D eigenvalue weighted by Crippen LogP contribution is -2.43. The molecule has 2 unspecified atom stereocenters. The number of anilines is 1. The Hall–Kier alpha value is -3.45. The third-order valence-corrected chi connectivity index (χ3v) is 6.88. The molecular formula is C27H32N6O. The maximum Gasteiger partial charge on any atom is 0.279 e. The van der Waals surface area contributed by atoms with Gasteiger partial charge >= 0.3 is 0 Å². The molecule has 2 heterocycles. The molecule has 3 N–H and O–H groups in total. The minimum atomic E-state index is -0.0718. The fourth-order valence-corrected chi connectivity index (χ4v) is 4.86. The molecule has 0 saturated heterocycles. The topological polar surface area (TPSA) is 90.8 Å². The SMILES string of the molecule is Cn1c(CCc2ccccc2)nc2nc(NC3CCCCC3N)n(Cc3ccccc3)c2c1=O. The second-order valence-corrected chi connectivity index (χ2v) is 9.26. The minimum absolute atomic E-state index is 0.0718. The smallest absolute Gasteiger partial charge is 0.279 e. The molecule has 7 heteroatoms. The first-order valence-electron chi connectivity index (χ1n) is 12.2. The van der Waals surface area contributed by atoms with E-state index in [1.165, 1.54) is 5.56 Å². The minimum Gasteiger partial charge on any atom is -0.351 e. The Morgan fingerprint density at radius 3 is 2.32 bits per heavy atom. The van der Waals surface area contributed by atoms with Gasteiger partial charge in [0, 0.05) is 25.6 Å². The third-order valence-electron chi connectivity index (χ3n) is 6.88. The van der Waals surface area contributed by atoms with Crippen LogP contribution in [0.15, 0.2) is 65.5 Å². The normalized spacial score (nSPS) is 18.3. The summed E-state index contributed by atoms with van der Waals surface area (Å²) < 4.78 is 3.65. The average Bonchev–Trinajstić information content (AvgIpc) is 3.20. The molecule has 2 atom stereocenters. The summed E-state index contributed by atoms with van der Waals surface area (Å²) in [6, 6.07) is 20.6. The maximum atomic E-state index is 13.6. The molecule has 4 aromatic rings. The van der Waals surface area contributed by atoms with Crippen LogP contribution in [0.4, 0.5) is 5.95 Å². The van der Waals surface area contributed by atoms with Gasteiger partial charge in [-0.15, -0.1) is 0 Å². The van der Waals surface area contributed by atoms with Gasteiger partial charge in [0.2, 0.25) is 5.95 Å². The first-order valence-corrected chi connectivity index (χ1v) is 12.2. The Labute approximate surface area is 199 Å². The highest BCUT2D eigenvalue weighted by Crippen LogP contribution is 2.24. The van der Waals surface area contributed by atoms with Crippen molar-refractivity contribution >= 4 is 17.1 Å². The second kappa shape index (κ2) is 9.81. The molecular weight excluding hydrogens is 424 g/mol. The molecule has 0 bridgehead atoms. The molecule has 0 radical (unpaired) electrons. The summed E-state index contributed by atoms with van der Waals surface area (Å²) in [6.07, 6.45) is 5.80. The monoisotopic (exact) mass is 456 g/mol. The van der Waals surface area contributed by atoms with Crippen molar-refractivity contribution in [1.29, 1.82) is 0 Å². The highest BCUT2D eigenvalue weighted by atomic mass is 16.1. The molecule has 2 aromatic heterocycles. The van der Waals surface area contributed by atoms with Gasteiger partial charge in [-0.2, -0.15) is 4.98 Å². The van der Waals surface area contributed by atoms with Gasteiger partial charge in [0.05, 0.1) is 6.54 Å². The average molecular weight is 457 g/mol. The van der Waals surface area contributed by atoms with Crippen molar-refractivity contribution in [3.63, 3.8) is 0 Å². The maximum absolute atomic E-state index is 13.6. The Morgan fingerprint density at radius 1 is 0.941 bits per heavy atom. The van der Waals surface area contributed by atoms with E-state index in [-0.39, 0.29) is 17.6 Å². The number of aromatic nitrogens is 4. The van der Waals surface area contributed by atoms with Crippen LogP contribution in [-0.2, 0) is 26.4 Å². The van der Waals surface area contributed by atoms with Crippen molar-refractivity contribution in [3.8, 4) is 0 Å². The molecule has 1 saturated carbocycles. The van der Waals surface area contributed by atoms with E-state index in [0.29, 0.717) is 30.1 Å². The first kappa shape index (κ1) is 22.3. The van der Waals surface area contributed by atoms with Crippen LogP contribution in [0, 0.1) is 0 Å². The lowest BCUT2D eigenvalue weighted by Gasteiger charge is -2.29. The molecule has 0 amide bonds. The standard InChI is InChI=1S/C27H32N6O/c1-32-23(17-16-19-10-4-2-5-11-19)30-25-24(26(32)34)33(18-20-12-6-3-7-13-20)27(31-25)29-22-15-9-8-14-21(22)28/h2-7,10-13,21-22H,8-9,14-18,28H2,1H3,(H,29,31). The fraction of sp³-hybridized carbons (Fsp3) is 0.370. The molecule has 1 aliphatic carbocycles. The summed E-state index contributed by atoms with van der Waals surface area (Å²) in [4.78, 5) is 23.2. The summed E-state index contributed by atoms with van der Waals surface area (Å²) in [7, 11) is 1.80. The molecule has 1 fully saturated rings. The number of rotatable bonds is 7. The molecule has 1 aliphatic rings. The van der Waals surface area contributed by atoms with Gasteiger partial charge in [-0.05, 0) is 30.4 Å². The van der Waals surface area contributed by atoms with Crippen LogP contribution >= 0.6 is 0 Å². The van der Waals surface area contributed by atoms with Crippen LogP contribution in [0.1, 0.15) is 42.6 Å². The lowest BCUT2D eigenvalue weighted by atomic mass is 9.91. The van der Waals surface area contributed by atoms with Crippen LogP contribution in [0.5, 0.6) is 0 Å². The first-order chi connectivity index (χ1) is 16.6. The number of hydrogen-bond acceptors (Lipinski definition) is 5. The number of hydrogen-bond donors (Lipinski definition) is 2. The summed E-state index contributed by atoms with van der Waals surface area (Å²) in [5, 5.41) is 3.57. The third kappa shape index (κ3) is 4.61. The largest absolute Gasteiger partial charge is 0.351 e. The Bertz CT molecular complexity index is 1310. The van der Waals surface area contributed by atoms with Gasteiger partial charge in [0.15, 0.2) is 11.2 Å². The van der Waals surface area contributed by atoms with Crippen molar-refractivity contribution < 1.29 is 0 Å². The summed E-state index contributed by atoms with van der Waals surface area (Å²) in [5.41, 5.74) is 9.69. The second-order valence-electron chi connectivity index (χ2n) is 9.26. The van der Waals surface area contributed by atoms with Crippen molar-refractivity contribution in [2.24, 2.45) is 12.8 Å². The number of fused-ring (bicyclic) bond motifs is 1. The van der Waals surface area contributed by atoms with Gasteiger partial charge in [-0.3, -0.25) is 13.9 Å². The summed E-state index contributed by atoms with van der Waals surface area (Å²) in [5.74, 6) is 1.41. The van der Waals surface area contributed by atoms with E-state index in [0.717, 1.165) is 43.5 Å². The van der Waals surface area contributed by atoms with Crippen LogP contribution in [0.25, 0.3) is 11.2 Å². The number of nitrogens with zero attached hydrogens (tertiary/aromatic N) is 4. The van der Waals surface area contributed by atoms with Crippen molar-refractivity contribution in [3.05, 3.63) is 88.0 Å². The van der Waals surface area contributed by atoms with Gasteiger partial charge in [-0.25, -0.2) is 4.98 Å². The van der Waals surface area contributed by atoms with E-state index >= 15 is 0 Å². The number of nitrogens with one attached hydrogen (secondary N) is 1. The van der Waals surface area contributed by atoms with Crippen LogP contribution in [0.2, 0.25) is 0 Å². The molecule has 7 nitrogen and oxygen atoms in total. The van der Waals surface area contributed by atoms with Crippen LogP contribution in [0.3, 0.4) is 0 Å². The Morgan fingerprint density at radius 2 is 1.62 bits per heavy atom. The number of nitrogens with two attached hydrogens (primary N) is 1. The van der Waals surface area contributed by atoms with Crippen LogP contribution in [-0.4, -0.2) is 31.2 Å². The highest BCUT2D eigenvalue weighted by molar-refractivity contribution is 5.74. The van der Waals surface area contributed by atoms with E-state index in [1.54, 1.807) is 11.6 Å². The van der Waals surface area contributed by atoms with E-state index in [9.17, 15) is 4.79 Å². The fourth-order valence-electron chi connectivity index (χ4n) is 4.86.